The number of rotatable bonds is 6. The normalized spacial score (nSPS) is 11.6. The van der Waals surface area contributed by atoms with Crippen LogP contribution in [-0.2, 0) is 28.1 Å². The third-order valence-electron chi connectivity index (χ3n) is 5.09. The van der Waals surface area contributed by atoms with Crippen molar-refractivity contribution in [1.82, 2.24) is 9.55 Å². The highest BCUT2D eigenvalue weighted by molar-refractivity contribution is 7.90. The number of aromatic amines is 1. The number of nitrogens with one attached hydrogen (secondary N) is 1. The van der Waals surface area contributed by atoms with Crippen LogP contribution >= 0.6 is 0 Å². The first-order chi connectivity index (χ1) is 15.1. The third kappa shape index (κ3) is 4.15. The summed E-state index contributed by atoms with van der Waals surface area (Å²) in [7, 11) is -1.84. The summed E-state index contributed by atoms with van der Waals surface area (Å²) in [6.07, 6.45) is 4.57. The minimum Gasteiger partial charge on any atom is -0.457 e. The number of carbonyl (C=O) groups excluding carboxylic acids is 1. The zero-order valence-electron chi connectivity index (χ0n) is 17.5. The van der Waals surface area contributed by atoms with E-state index in [1.807, 2.05) is 0 Å². The largest absolute Gasteiger partial charge is 0.457 e. The van der Waals surface area contributed by atoms with Gasteiger partial charge in [-0.25, -0.2) is 8.42 Å². The lowest BCUT2D eigenvalue weighted by Crippen LogP contribution is -2.16. The highest BCUT2D eigenvalue weighted by atomic mass is 32.2. The molecule has 164 valence electrons. The number of aryl methyl sites for hydroxylation is 1. The van der Waals surface area contributed by atoms with Gasteiger partial charge in [-0.15, -0.1) is 0 Å². The van der Waals surface area contributed by atoms with E-state index in [2.05, 4.69) is 4.98 Å². The van der Waals surface area contributed by atoms with Crippen LogP contribution in [0.5, 0.6) is 11.5 Å². The van der Waals surface area contributed by atoms with Crippen molar-refractivity contribution >= 4 is 26.6 Å². The van der Waals surface area contributed by atoms with E-state index >= 15 is 0 Å². The summed E-state index contributed by atoms with van der Waals surface area (Å²) in [6, 6.07) is 13.3. The molecule has 0 saturated heterocycles. The van der Waals surface area contributed by atoms with Crippen molar-refractivity contribution < 1.29 is 17.9 Å². The molecule has 0 radical (unpaired) electrons. The standard InChI is InChI=1S/C23H21N3O5S/c1-26-13-19(17-9-10-25-22(17)23(26)28)18-12-16(32(2,29)30)7-8-20(18)31-15-5-3-14(4-6-15)11-21(24)27/h3-10,12-13,25H,11H2,1-2H3,(H2,24,27). The lowest BCUT2D eigenvalue weighted by atomic mass is 10.0. The molecule has 0 fully saturated rings. The molecule has 4 aromatic rings. The van der Waals surface area contributed by atoms with Crippen molar-refractivity contribution in [3.05, 3.63) is 76.8 Å². The molecule has 0 aliphatic rings. The molecule has 0 spiro atoms. The number of nitrogens with two attached hydrogens (primary N) is 1. The number of ether oxygens (including phenoxy) is 1. The van der Waals surface area contributed by atoms with Crippen molar-refractivity contribution in [1.29, 1.82) is 0 Å². The van der Waals surface area contributed by atoms with Gasteiger partial charge in [-0.3, -0.25) is 9.59 Å². The van der Waals surface area contributed by atoms with Crippen LogP contribution in [0.3, 0.4) is 0 Å². The lowest BCUT2D eigenvalue weighted by molar-refractivity contribution is -0.117. The summed E-state index contributed by atoms with van der Waals surface area (Å²) >= 11 is 0. The zero-order chi connectivity index (χ0) is 23.0. The van der Waals surface area contributed by atoms with E-state index in [0.29, 0.717) is 33.5 Å². The Morgan fingerprint density at radius 1 is 1.09 bits per heavy atom. The molecule has 2 heterocycles. The number of amides is 1. The van der Waals surface area contributed by atoms with E-state index in [-0.39, 0.29) is 16.9 Å². The Bertz CT molecular complexity index is 1500. The minimum atomic E-state index is -3.47. The number of benzene rings is 2. The first kappa shape index (κ1) is 21.4. The molecule has 0 atom stereocenters. The van der Waals surface area contributed by atoms with Crippen LogP contribution in [0.2, 0.25) is 0 Å². The quantitative estimate of drug-likeness (QED) is 0.466. The third-order valence-corrected chi connectivity index (χ3v) is 6.20. The number of H-pyrrole nitrogens is 1. The molecule has 3 N–H and O–H groups in total. The van der Waals surface area contributed by atoms with Gasteiger partial charge in [0.15, 0.2) is 9.84 Å². The molecule has 8 nitrogen and oxygen atoms in total. The summed E-state index contributed by atoms with van der Waals surface area (Å²) in [5.41, 5.74) is 7.38. The Kier molecular flexibility index (Phi) is 5.35. The second kappa shape index (κ2) is 8.01. The summed E-state index contributed by atoms with van der Waals surface area (Å²) in [5.74, 6) is 0.491. The summed E-state index contributed by atoms with van der Waals surface area (Å²) in [5, 5.41) is 0.653. The SMILES string of the molecule is Cn1cc(-c2cc(S(C)(=O)=O)ccc2Oc2ccc(CC(N)=O)cc2)c2cc[nH]c2c1=O. The highest BCUT2D eigenvalue weighted by Gasteiger charge is 2.18. The van der Waals surface area contributed by atoms with Crippen LogP contribution in [0.25, 0.3) is 22.0 Å². The van der Waals surface area contributed by atoms with E-state index in [4.69, 9.17) is 10.5 Å². The van der Waals surface area contributed by atoms with Crippen molar-refractivity contribution in [3.63, 3.8) is 0 Å². The molecule has 2 aromatic heterocycles. The van der Waals surface area contributed by atoms with E-state index in [0.717, 1.165) is 11.8 Å². The number of aromatic nitrogens is 2. The summed E-state index contributed by atoms with van der Waals surface area (Å²) in [4.78, 5) is 26.6. The number of primary amides is 1. The topological polar surface area (TPSA) is 124 Å². The number of fused-ring (bicyclic) bond motifs is 1. The van der Waals surface area contributed by atoms with Gasteiger partial charge >= 0.3 is 0 Å². The van der Waals surface area contributed by atoms with Crippen LogP contribution in [0, 0.1) is 0 Å². The van der Waals surface area contributed by atoms with Gasteiger partial charge in [0.1, 0.15) is 17.0 Å². The van der Waals surface area contributed by atoms with Gasteiger partial charge in [0.25, 0.3) is 5.56 Å². The Morgan fingerprint density at radius 2 is 1.81 bits per heavy atom. The summed E-state index contributed by atoms with van der Waals surface area (Å²) in [6.45, 7) is 0. The van der Waals surface area contributed by atoms with E-state index in [1.54, 1.807) is 61.9 Å². The number of pyridine rings is 1. The van der Waals surface area contributed by atoms with Crippen molar-refractivity contribution in [2.24, 2.45) is 12.8 Å². The molecule has 0 bridgehead atoms. The Labute approximate surface area is 184 Å². The molecule has 0 saturated carbocycles. The maximum atomic E-state index is 12.5. The van der Waals surface area contributed by atoms with Gasteiger partial charge in [0.2, 0.25) is 5.91 Å². The van der Waals surface area contributed by atoms with Crippen molar-refractivity contribution in [2.75, 3.05) is 6.26 Å². The van der Waals surface area contributed by atoms with E-state index in [9.17, 15) is 18.0 Å². The fourth-order valence-corrected chi connectivity index (χ4v) is 4.17. The second-order valence-electron chi connectivity index (χ2n) is 7.54. The Hall–Kier alpha value is -3.85. The van der Waals surface area contributed by atoms with Gasteiger partial charge in [-0.1, -0.05) is 12.1 Å². The molecular formula is C23H21N3O5S. The average molecular weight is 452 g/mol. The van der Waals surface area contributed by atoms with E-state index < -0.39 is 15.7 Å². The second-order valence-corrected chi connectivity index (χ2v) is 9.56. The van der Waals surface area contributed by atoms with Crippen LogP contribution in [0.4, 0.5) is 0 Å². The van der Waals surface area contributed by atoms with E-state index in [1.165, 1.54) is 10.6 Å². The predicted octanol–water partition coefficient (Wildman–Crippen LogP) is 2.76. The fourth-order valence-electron chi connectivity index (χ4n) is 3.53. The molecule has 2 aromatic carbocycles. The maximum Gasteiger partial charge on any atom is 0.274 e. The van der Waals surface area contributed by atoms with Crippen LogP contribution in [-0.4, -0.2) is 30.1 Å². The Morgan fingerprint density at radius 3 is 2.47 bits per heavy atom. The molecule has 0 aliphatic heterocycles. The van der Waals surface area contributed by atoms with Gasteiger partial charge < -0.3 is 20.0 Å². The number of hydrogen-bond acceptors (Lipinski definition) is 5. The molecular weight excluding hydrogens is 430 g/mol. The summed E-state index contributed by atoms with van der Waals surface area (Å²) < 4.78 is 31.9. The molecule has 32 heavy (non-hydrogen) atoms. The number of sulfone groups is 1. The first-order valence-electron chi connectivity index (χ1n) is 9.70. The molecule has 1 amide bonds. The fraction of sp³-hybridized carbons (Fsp3) is 0.130. The van der Waals surface area contributed by atoms with Gasteiger partial charge in [-0.05, 0) is 42.0 Å². The maximum absolute atomic E-state index is 12.5. The Balaban J connectivity index is 1.86. The van der Waals surface area contributed by atoms with Gasteiger partial charge in [0, 0.05) is 42.2 Å². The van der Waals surface area contributed by atoms with Gasteiger partial charge in [0.05, 0.1) is 11.3 Å². The molecule has 9 heteroatoms. The smallest absolute Gasteiger partial charge is 0.274 e. The zero-order valence-corrected chi connectivity index (χ0v) is 18.3. The number of hydrogen-bond donors (Lipinski definition) is 2. The average Bonchev–Trinajstić information content (AvgIpc) is 3.22. The molecule has 0 aliphatic carbocycles. The van der Waals surface area contributed by atoms with Crippen LogP contribution in [0.15, 0.2) is 70.6 Å². The van der Waals surface area contributed by atoms with Crippen molar-refractivity contribution in [3.8, 4) is 22.6 Å². The highest BCUT2D eigenvalue weighted by Crippen LogP contribution is 2.38. The van der Waals surface area contributed by atoms with Crippen LogP contribution in [0.1, 0.15) is 5.56 Å². The molecule has 0 unspecified atom stereocenters. The van der Waals surface area contributed by atoms with Crippen molar-refractivity contribution in [2.45, 2.75) is 11.3 Å². The number of carbonyl (C=O) groups is 1. The predicted molar refractivity (Wildman–Crippen MR) is 121 cm³/mol. The first-order valence-corrected chi connectivity index (χ1v) is 11.6. The molecule has 4 rings (SSSR count). The number of nitrogens with zero attached hydrogens (tertiary/aromatic N) is 1. The van der Waals surface area contributed by atoms with Crippen LogP contribution < -0.4 is 16.0 Å². The lowest BCUT2D eigenvalue weighted by Gasteiger charge is -2.15. The minimum absolute atomic E-state index is 0.123. The van der Waals surface area contributed by atoms with Gasteiger partial charge in [-0.2, -0.15) is 0 Å². The monoisotopic (exact) mass is 451 g/mol.